The summed E-state index contributed by atoms with van der Waals surface area (Å²) in [5.41, 5.74) is 1.88. The number of aryl methyl sites for hydroxylation is 1. The molecule has 0 bridgehead atoms. The maximum atomic E-state index is 12.5. The lowest BCUT2D eigenvalue weighted by Gasteiger charge is -2.15. The van der Waals surface area contributed by atoms with Gasteiger partial charge in [-0.15, -0.1) is 0 Å². The molecule has 0 atom stereocenters. The first-order chi connectivity index (χ1) is 10.6. The van der Waals surface area contributed by atoms with E-state index in [0.29, 0.717) is 22.4 Å². The lowest BCUT2D eigenvalue weighted by atomic mass is 10.3. The second kappa shape index (κ2) is 6.32. The van der Waals surface area contributed by atoms with Crippen molar-refractivity contribution in [3.63, 3.8) is 0 Å². The van der Waals surface area contributed by atoms with E-state index in [1.54, 1.807) is 12.1 Å². The summed E-state index contributed by atoms with van der Waals surface area (Å²) in [5.74, 6) is 0.348. The number of carbonyl (C=O) groups is 1. The van der Waals surface area contributed by atoms with Crippen molar-refractivity contribution in [1.82, 2.24) is 14.9 Å². The highest BCUT2D eigenvalue weighted by Gasteiger charge is 2.21. The third kappa shape index (κ3) is 3.20. The zero-order valence-corrected chi connectivity index (χ0v) is 13.1. The van der Waals surface area contributed by atoms with Crippen molar-refractivity contribution < 1.29 is 4.79 Å². The molecule has 1 aromatic carbocycles. The number of aromatic nitrogens is 2. The number of amides is 1. The normalized spacial score (nSPS) is 14.2. The van der Waals surface area contributed by atoms with Gasteiger partial charge in [0.2, 0.25) is 5.95 Å². The molecule has 1 fully saturated rings. The number of carbonyl (C=O) groups excluding carboxylic acids is 1. The molecule has 2 aromatic rings. The van der Waals surface area contributed by atoms with Gasteiger partial charge in [-0.05, 0) is 38.0 Å². The first-order valence-electron chi connectivity index (χ1n) is 7.30. The molecule has 1 aromatic heterocycles. The standard InChI is InChI=1S/C16H17ClN4O/c1-11-10-14(15(22)21-8-4-5-9-21)20-16(18-11)19-13-7-3-2-6-12(13)17/h2-3,6-7,10H,4-5,8-9H2,1H3,(H,18,19,20). The molecule has 1 amide bonds. The van der Waals surface area contributed by atoms with Crippen LogP contribution in [0.5, 0.6) is 0 Å². The largest absolute Gasteiger partial charge is 0.337 e. The highest BCUT2D eigenvalue weighted by molar-refractivity contribution is 6.33. The van der Waals surface area contributed by atoms with Crippen LogP contribution in [0, 0.1) is 6.92 Å². The molecule has 0 unspecified atom stereocenters. The predicted octanol–water partition coefficient (Wildman–Crippen LogP) is 3.42. The number of nitrogens with zero attached hydrogens (tertiary/aromatic N) is 3. The van der Waals surface area contributed by atoms with Gasteiger partial charge in [0.1, 0.15) is 5.69 Å². The number of hydrogen-bond acceptors (Lipinski definition) is 4. The van der Waals surface area contributed by atoms with Crippen LogP contribution in [0.15, 0.2) is 30.3 Å². The first-order valence-corrected chi connectivity index (χ1v) is 7.68. The fraction of sp³-hybridized carbons (Fsp3) is 0.312. The van der Waals surface area contributed by atoms with Gasteiger partial charge in [-0.25, -0.2) is 9.97 Å². The summed E-state index contributed by atoms with van der Waals surface area (Å²) >= 11 is 6.13. The van der Waals surface area contributed by atoms with Crippen LogP contribution in [0.25, 0.3) is 0 Å². The minimum absolute atomic E-state index is 0.0368. The van der Waals surface area contributed by atoms with Gasteiger partial charge in [-0.1, -0.05) is 23.7 Å². The fourth-order valence-electron chi connectivity index (χ4n) is 2.50. The third-order valence-corrected chi connectivity index (χ3v) is 3.92. The monoisotopic (exact) mass is 316 g/mol. The van der Waals surface area contributed by atoms with E-state index in [1.807, 2.05) is 30.0 Å². The molecule has 5 nitrogen and oxygen atoms in total. The molecule has 1 aliphatic rings. The van der Waals surface area contributed by atoms with Crippen molar-refractivity contribution in [2.75, 3.05) is 18.4 Å². The highest BCUT2D eigenvalue weighted by atomic mass is 35.5. The fourth-order valence-corrected chi connectivity index (χ4v) is 2.68. The molecular formula is C16H17ClN4O. The van der Waals surface area contributed by atoms with Gasteiger partial charge < -0.3 is 10.2 Å². The molecule has 0 aliphatic carbocycles. The summed E-state index contributed by atoms with van der Waals surface area (Å²) in [6.45, 7) is 3.45. The average molecular weight is 317 g/mol. The van der Waals surface area contributed by atoms with Crippen LogP contribution < -0.4 is 5.32 Å². The zero-order valence-electron chi connectivity index (χ0n) is 12.3. The summed E-state index contributed by atoms with van der Waals surface area (Å²) in [7, 11) is 0. The molecule has 114 valence electrons. The van der Waals surface area contributed by atoms with Gasteiger partial charge in [0.05, 0.1) is 10.7 Å². The van der Waals surface area contributed by atoms with Crippen LogP contribution in [0.4, 0.5) is 11.6 Å². The number of nitrogens with one attached hydrogen (secondary N) is 1. The Balaban J connectivity index is 1.86. The van der Waals surface area contributed by atoms with E-state index in [0.717, 1.165) is 31.6 Å². The molecule has 0 spiro atoms. The minimum atomic E-state index is -0.0368. The Morgan fingerprint density at radius 1 is 1.23 bits per heavy atom. The summed E-state index contributed by atoms with van der Waals surface area (Å²) in [5, 5.41) is 3.66. The van der Waals surface area contributed by atoms with Crippen molar-refractivity contribution in [2.45, 2.75) is 19.8 Å². The first kappa shape index (κ1) is 14.8. The number of anilines is 2. The Hall–Kier alpha value is -2.14. The van der Waals surface area contributed by atoms with E-state index < -0.39 is 0 Å². The Bertz CT molecular complexity index is 698. The number of rotatable bonds is 3. The van der Waals surface area contributed by atoms with Crippen molar-refractivity contribution in [2.24, 2.45) is 0 Å². The van der Waals surface area contributed by atoms with Crippen LogP contribution in [0.3, 0.4) is 0 Å². The Morgan fingerprint density at radius 2 is 1.95 bits per heavy atom. The average Bonchev–Trinajstić information content (AvgIpc) is 3.02. The highest BCUT2D eigenvalue weighted by Crippen LogP contribution is 2.23. The maximum absolute atomic E-state index is 12.5. The number of para-hydroxylation sites is 1. The number of benzene rings is 1. The lowest BCUT2D eigenvalue weighted by molar-refractivity contribution is 0.0787. The van der Waals surface area contributed by atoms with Gasteiger partial charge in [-0.3, -0.25) is 4.79 Å². The van der Waals surface area contributed by atoms with Crippen molar-refractivity contribution in [1.29, 1.82) is 0 Å². The number of likely N-dealkylation sites (tertiary alicyclic amines) is 1. The second-order valence-corrected chi connectivity index (χ2v) is 5.73. The van der Waals surface area contributed by atoms with Crippen LogP contribution in [0.1, 0.15) is 29.0 Å². The smallest absolute Gasteiger partial charge is 0.272 e. The van der Waals surface area contributed by atoms with Crippen molar-refractivity contribution in [3.8, 4) is 0 Å². The minimum Gasteiger partial charge on any atom is -0.337 e. The molecule has 22 heavy (non-hydrogen) atoms. The Labute approximate surface area is 134 Å². The number of hydrogen-bond donors (Lipinski definition) is 1. The van der Waals surface area contributed by atoms with Crippen molar-refractivity contribution >= 4 is 29.1 Å². The summed E-state index contributed by atoms with van der Waals surface area (Å²) in [6.07, 6.45) is 2.11. The van der Waals surface area contributed by atoms with Crippen LogP contribution in [0.2, 0.25) is 5.02 Å². The summed E-state index contributed by atoms with van der Waals surface area (Å²) in [4.78, 5) is 23.0. The summed E-state index contributed by atoms with van der Waals surface area (Å²) < 4.78 is 0. The van der Waals surface area contributed by atoms with Crippen molar-refractivity contribution in [3.05, 3.63) is 46.7 Å². The number of halogens is 1. The van der Waals surface area contributed by atoms with E-state index in [1.165, 1.54) is 0 Å². The molecule has 1 N–H and O–H groups in total. The second-order valence-electron chi connectivity index (χ2n) is 5.32. The Morgan fingerprint density at radius 3 is 2.68 bits per heavy atom. The topological polar surface area (TPSA) is 58.1 Å². The van der Waals surface area contributed by atoms with Gasteiger partial charge in [-0.2, -0.15) is 0 Å². The Kier molecular flexibility index (Phi) is 4.24. The van der Waals surface area contributed by atoms with Gasteiger partial charge in [0.25, 0.3) is 5.91 Å². The van der Waals surface area contributed by atoms with Crippen LogP contribution in [-0.2, 0) is 0 Å². The molecule has 0 radical (unpaired) electrons. The van der Waals surface area contributed by atoms with E-state index in [-0.39, 0.29) is 5.91 Å². The molecule has 3 rings (SSSR count). The van der Waals surface area contributed by atoms with Gasteiger partial charge in [0.15, 0.2) is 0 Å². The van der Waals surface area contributed by atoms with E-state index >= 15 is 0 Å². The third-order valence-electron chi connectivity index (χ3n) is 3.59. The zero-order chi connectivity index (χ0) is 15.5. The van der Waals surface area contributed by atoms with Gasteiger partial charge >= 0.3 is 0 Å². The maximum Gasteiger partial charge on any atom is 0.272 e. The SMILES string of the molecule is Cc1cc(C(=O)N2CCCC2)nc(Nc2ccccc2Cl)n1. The molecule has 1 saturated heterocycles. The van der Waals surface area contributed by atoms with Crippen LogP contribution in [-0.4, -0.2) is 33.9 Å². The molecule has 1 aliphatic heterocycles. The van der Waals surface area contributed by atoms with Gasteiger partial charge in [0, 0.05) is 18.8 Å². The molecule has 2 heterocycles. The lowest BCUT2D eigenvalue weighted by Crippen LogP contribution is -2.28. The molecule has 0 saturated carbocycles. The molecule has 6 heteroatoms. The quantitative estimate of drug-likeness (QED) is 0.942. The van der Waals surface area contributed by atoms with E-state index in [2.05, 4.69) is 15.3 Å². The predicted molar refractivity (Wildman–Crippen MR) is 86.6 cm³/mol. The van der Waals surface area contributed by atoms with E-state index in [9.17, 15) is 4.79 Å². The summed E-state index contributed by atoms with van der Waals surface area (Å²) in [6, 6.07) is 9.08. The molecular weight excluding hydrogens is 300 g/mol. The van der Waals surface area contributed by atoms with Crippen LogP contribution >= 0.6 is 11.6 Å². The van der Waals surface area contributed by atoms with E-state index in [4.69, 9.17) is 11.6 Å².